The second-order valence-corrected chi connectivity index (χ2v) is 3.44. The van der Waals surface area contributed by atoms with E-state index in [0.29, 0.717) is 13.2 Å². The SMILES string of the molecule is CC1COCc2ccccc2C1=O. The lowest BCUT2D eigenvalue weighted by atomic mass is 9.97. The first-order valence-corrected chi connectivity index (χ1v) is 4.49. The predicted molar refractivity (Wildman–Crippen MR) is 49.6 cm³/mol. The highest BCUT2D eigenvalue weighted by Crippen LogP contribution is 2.19. The zero-order valence-corrected chi connectivity index (χ0v) is 7.62. The fourth-order valence-electron chi connectivity index (χ4n) is 1.57. The van der Waals surface area contributed by atoms with Gasteiger partial charge >= 0.3 is 0 Å². The van der Waals surface area contributed by atoms with Crippen molar-refractivity contribution in [2.24, 2.45) is 5.92 Å². The molecule has 2 nitrogen and oxygen atoms in total. The van der Waals surface area contributed by atoms with Crippen LogP contribution in [0.15, 0.2) is 24.3 Å². The largest absolute Gasteiger partial charge is 0.376 e. The van der Waals surface area contributed by atoms with Crippen LogP contribution in [-0.4, -0.2) is 12.4 Å². The van der Waals surface area contributed by atoms with Crippen molar-refractivity contribution in [2.75, 3.05) is 6.61 Å². The summed E-state index contributed by atoms with van der Waals surface area (Å²) in [6.07, 6.45) is 0. The monoisotopic (exact) mass is 176 g/mol. The average molecular weight is 176 g/mol. The van der Waals surface area contributed by atoms with E-state index in [-0.39, 0.29) is 11.7 Å². The third-order valence-corrected chi connectivity index (χ3v) is 2.36. The molecule has 1 aliphatic rings. The normalized spacial score (nSPS) is 22.2. The van der Waals surface area contributed by atoms with Crippen LogP contribution >= 0.6 is 0 Å². The van der Waals surface area contributed by atoms with Gasteiger partial charge in [-0.1, -0.05) is 31.2 Å². The molecule has 0 amide bonds. The minimum Gasteiger partial charge on any atom is -0.376 e. The molecule has 1 heterocycles. The van der Waals surface area contributed by atoms with Crippen molar-refractivity contribution in [3.8, 4) is 0 Å². The van der Waals surface area contributed by atoms with E-state index in [1.165, 1.54) is 0 Å². The first-order chi connectivity index (χ1) is 6.29. The maximum absolute atomic E-state index is 11.8. The standard InChI is InChI=1S/C11H12O2/c1-8-6-13-7-9-4-2-3-5-10(9)11(8)12/h2-5,8H,6-7H2,1H3. The summed E-state index contributed by atoms with van der Waals surface area (Å²) in [5, 5.41) is 0. The van der Waals surface area contributed by atoms with E-state index in [1.807, 2.05) is 31.2 Å². The number of hydrogen-bond acceptors (Lipinski definition) is 2. The maximum Gasteiger partial charge on any atom is 0.168 e. The first kappa shape index (κ1) is 8.45. The molecule has 68 valence electrons. The third kappa shape index (κ3) is 1.49. The third-order valence-electron chi connectivity index (χ3n) is 2.36. The maximum atomic E-state index is 11.8. The lowest BCUT2D eigenvalue weighted by molar-refractivity contribution is 0.0749. The molecule has 1 aromatic rings. The smallest absolute Gasteiger partial charge is 0.168 e. The molecule has 0 radical (unpaired) electrons. The Labute approximate surface area is 77.5 Å². The van der Waals surface area contributed by atoms with Gasteiger partial charge in [0.1, 0.15) is 0 Å². The van der Waals surface area contributed by atoms with E-state index in [1.54, 1.807) is 0 Å². The van der Waals surface area contributed by atoms with Gasteiger partial charge < -0.3 is 4.74 Å². The van der Waals surface area contributed by atoms with Crippen molar-refractivity contribution in [1.29, 1.82) is 0 Å². The minimum atomic E-state index is -0.0105. The first-order valence-electron chi connectivity index (χ1n) is 4.49. The fourth-order valence-corrected chi connectivity index (χ4v) is 1.57. The van der Waals surface area contributed by atoms with Gasteiger partial charge in [0.15, 0.2) is 5.78 Å². The van der Waals surface area contributed by atoms with Gasteiger partial charge in [-0.15, -0.1) is 0 Å². The molecule has 13 heavy (non-hydrogen) atoms. The van der Waals surface area contributed by atoms with E-state index in [4.69, 9.17) is 4.74 Å². The van der Waals surface area contributed by atoms with Gasteiger partial charge in [-0.05, 0) is 5.56 Å². The molecule has 1 aliphatic heterocycles. The molecule has 1 aromatic carbocycles. The Bertz CT molecular complexity index is 331. The summed E-state index contributed by atoms with van der Waals surface area (Å²) in [4.78, 5) is 11.8. The molecule has 0 saturated heterocycles. The summed E-state index contributed by atoms with van der Waals surface area (Å²) < 4.78 is 5.38. The number of hydrogen-bond donors (Lipinski definition) is 0. The summed E-state index contributed by atoms with van der Waals surface area (Å²) in [5.74, 6) is 0.191. The van der Waals surface area contributed by atoms with E-state index in [2.05, 4.69) is 0 Å². The van der Waals surface area contributed by atoms with Crippen LogP contribution in [0.4, 0.5) is 0 Å². The van der Waals surface area contributed by atoms with Crippen LogP contribution in [0, 0.1) is 5.92 Å². The van der Waals surface area contributed by atoms with Gasteiger partial charge in [-0.25, -0.2) is 0 Å². The number of Topliss-reactive ketones (excluding diaryl/α,β-unsaturated/α-hetero) is 1. The van der Waals surface area contributed by atoms with E-state index in [0.717, 1.165) is 11.1 Å². The molecule has 0 bridgehead atoms. The summed E-state index contributed by atoms with van der Waals surface area (Å²) in [6.45, 7) is 3.00. The molecular formula is C11H12O2. The topological polar surface area (TPSA) is 26.3 Å². The van der Waals surface area contributed by atoms with Gasteiger partial charge in [0.05, 0.1) is 13.2 Å². The Balaban J connectivity index is 2.46. The highest BCUT2D eigenvalue weighted by atomic mass is 16.5. The van der Waals surface area contributed by atoms with E-state index in [9.17, 15) is 4.79 Å². The number of benzene rings is 1. The van der Waals surface area contributed by atoms with Crippen LogP contribution in [-0.2, 0) is 11.3 Å². The van der Waals surface area contributed by atoms with Crippen molar-refractivity contribution < 1.29 is 9.53 Å². The van der Waals surface area contributed by atoms with Gasteiger partial charge in [0.25, 0.3) is 0 Å². The number of fused-ring (bicyclic) bond motifs is 1. The van der Waals surface area contributed by atoms with Crippen molar-refractivity contribution in [1.82, 2.24) is 0 Å². The van der Waals surface area contributed by atoms with Crippen molar-refractivity contribution in [3.63, 3.8) is 0 Å². The Morgan fingerprint density at radius 3 is 3.00 bits per heavy atom. The Kier molecular flexibility index (Phi) is 2.15. The lowest BCUT2D eigenvalue weighted by Crippen LogP contribution is -2.13. The Morgan fingerprint density at radius 1 is 1.38 bits per heavy atom. The van der Waals surface area contributed by atoms with Gasteiger partial charge in [0.2, 0.25) is 0 Å². The van der Waals surface area contributed by atoms with Crippen LogP contribution in [0.5, 0.6) is 0 Å². The molecule has 0 fully saturated rings. The van der Waals surface area contributed by atoms with Crippen LogP contribution in [0.1, 0.15) is 22.8 Å². The van der Waals surface area contributed by atoms with Crippen molar-refractivity contribution >= 4 is 5.78 Å². The molecule has 1 atom stereocenters. The number of carbonyl (C=O) groups is 1. The quantitative estimate of drug-likeness (QED) is 0.604. The molecular weight excluding hydrogens is 164 g/mol. The molecule has 0 saturated carbocycles. The zero-order valence-electron chi connectivity index (χ0n) is 7.62. The van der Waals surface area contributed by atoms with E-state index < -0.39 is 0 Å². The van der Waals surface area contributed by atoms with Crippen LogP contribution in [0.3, 0.4) is 0 Å². The van der Waals surface area contributed by atoms with Gasteiger partial charge in [0, 0.05) is 11.5 Å². The number of carbonyl (C=O) groups excluding carboxylic acids is 1. The highest BCUT2D eigenvalue weighted by Gasteiger charge is 2.21. The predicted octanol–water partition coefficient (Wildman–Crippen LogP) is 2.04. The van der Waals surface area contributed by atoms with Crippen LogP contribution in [0.2, 0.25) is 0 Å². The number of ether oxygens (including phenoxy) is 1. The lowest BCUT2D eigenvalue weighted by Gasteiger charge is -2.05. The number of ketones is 1. The summed E-state index contributed by atoms with van der Waals surface area (Å²) in [6, 6.07) is 7.66. The Hall–Kier alpha value is -1.15. The highest BCUT2D eigenvalue weighted by molar-refractivity contribution is 5.99. The Morgan fingerprint density at radius 2 is 2.15 bits per heavy atom. The molecule has 1 unspecified atom stereocenters. The summed E-state index contributed by atoms with van der Waals surface area (Å²) in [5.41, 5.74) is 1.84. The molecule has 0 N–H and O–H groups in total. The second-order valence-electron chi connectivity index (χ2n) is 3.44. The summed E-state index contributed by atoms with van der Waals surface area (Å²) >= 11 is 0. The minimum absolute atomic E-state index is 0.0105. The second kappa shape index (κ2) is 3.30. The van der Waals surface area contributed by atoms with Crippen molar-refractivity contribution in [3.05, 3.63) is 35.4 Å². The molecule has 0 aliphatic carbocycles. The summed E-state index contributed by atoms with van der Waals surface area (Å²) in [7, 11) is 0. The van der Waals surface area contributed by atoms with Gasteiger partial charge in [-0.3, -0.25) is 4.79 Å². The molecule has 2 rings (SSSR count). The zero-order chi connectivity index (χ0) is 9.26. The molecule has 0 aromatic heterocycles. The average Bonchev–Trinajstić information content (AvgIpc) is 2.29. The fraction of sp³-hybridized carbons (Fsp3) is 0.364. The number of rotatable bonds is 0. The molecule has 0 spiro atoms. The van der Waals surface area contributed by atoms with Gasteiger partial charge in [-0.2, -0.15) is 0 Å². The molecule has 2 heteroatoms. The van der Waals surface area contributed by atoms with Crippen molar-refractivity contribution in [2.45, 2.75) is 13.5 Å². The van der Waals surface area contributed by atoms with Crippen LogP contribution in [0.25, 0.3) is 0 Å². The van der Waals surface area contributed by atoms with E-state index >= 15 is 0 Å². The van der Waals surface area contributed by atoms with Crippen LogP contribution < -0.4 is 0 Å².